The van der Waals surface area contributed by atoms with Crippen LogP contribution in [0.5, 0.6) is 34.5 Å². The van der Waals surface area contributed by atoms with Crippen LogP contribution in [-0.4, -0.2) is 39.6 Å². The summed E-state index contributed by atoms with van der Waals surface area (Å²) in [4.78, 5) is 0. The average molecular weight is 1940 g/mol. The van der Waals surface area contributed by atoms with Gasteiger partial charge in [0.05, 0.1) is 39.6 Å². The van der Waals surface area contributed by atoms with Crippen LogP contribution in [0.3, 0.4) is 0 Å². The number of unbranched alkanes of at least 4 members (excludes halogenated alkanes) is 1. The average Bonchev–Trinajstić information content (AvgIpc) is 0.811. The Kier molecular flexibility index (Phi) is 47.1. The van der Waals surface area contributed by atoms with Crippen LogP contribution in [0.15, 0.2) is 146 Å². The van der Waals surface area contributed by atoms with Crippen LogP contribution in [0.25, 0.3) is 33.4 Å². The fraction of sp³-hybridized carbons (Fsp3) is 0.554. The third kappa shape index (κ3) is 31.7. The van der Waals surface area contributed by atoms with Crippen molar-refractivity contribution < 1.29 is 81.1 Å². The molecule has 0 radical (unpaired) electrons. The molecule has 0 unspecified atom stereocenters. The van der Waals surface area contributed by atoms with Crippen LogP contribution in [0, 0.1) is 111 Å². The summed E-state index contributed by atoms with van der Waals surface area (Å²) in [5, 5.41) is 0. The molecule has 6 aliphatic rings. The Morgan fingerprint density at radius 2 is 0.460 bits per heavy atom. The molecule has 6 nitrogen and oxygen atoms in total. The minimum Gasteiger partial charge on any atom is -0.491 e. The Morgan fingerprint density at radius 1 is 0.216 bits per heavy atom. The second-order valence-corrected chi connectivity index (χ2v) is 39.4. The first-order chi connectivity index (χ1) is 67.4. The van der Waals surface area contributed by atoms with E-state index < -0.39 is 69.8 Å². The van der Waals surface area contributed by atoms with Crippen LogP contribution in [0.4, 0.5) is 52.7 Å². The monoisotopic (exact) mass is 1940 g/mol. The van der Waals surface area contributed by atoms with E-state index in [2.05, 4.69) is 65.8 Å². The second kappa shape index (κ2) is 58.5. The molecule has 0 saturated heterocycles. The molecule has 0 N–H and O–H groups in total. The van der Waals surface area contributed by atoms with Gasteiger partial charge in [-0.2, -0.15) is 26.3 Å². The van der Waals surface area contributed by atoms with E-state index in [1.807, 2.05) is 55.5 Å². The molecule has 139 heavy (non-hydrogen) atoms. The summed E-state index contributed by atoms with van der Waals surface area (Å²) < 4.78 is 201. The first kappa shape index (κ1) is 112. The second-order valence-electron chi connectivity index (χ2n) is 39.4. The quantitative estimate of drug-likeness (QED) is 0.0296. The molecule has 0 aliphatic heterocycles. The van der Waals surface area contributed by atoms with Crippen molar-refractivity contribution in [1.29, 1.82) is 0 Å². The van der Waals surface area contributed by atoms with E-state index in [-0.39, 0.29) is 68.9 Å². The molecule has 15 rings (SSSR count). The van der Waals surface area contributed by atoms with Crippen LogP contribution in [0.2, 0.25) is 0 Å². The first-order valence-corrected chi connectivity index (χ1v) is 53.4. The molecule has 0 aromatic heterocycles. The zero-order chi connectivity index (χ0) is 99.9. The summed E-state index contributed by atoms with van der Waals surface area (Å²) in [7, 11) is 0. The maximum absolute atomic E-state index is 14.5. The number of rotatable bonds is 34. The number of aryl methyl sites for hydroxylation is 1. The van der Waals surface area contributed by atoms with Gasteiger partial charge in [0.25, 0.3) is 0 Å². The predicted molar refractivity (Wildman–Crippen MR) is 544 cm³/mol. The van der Waals surface area contributed by atoms with Gasteiger partial charge >= 0.3 is 0 Å². The number of halogens is 12. The number of ether oxygens (including phenoxy) is 6. The van der Waals surface area contributed by atoms with Crippen molar-refractivity contribution in [2.75, 3.05) is 39.6 Å². The van der Waals surface area contributed by atoms with E-state index >= 15 is 0 Å². The van der Waals surface area contributed by atoms with Crippen molar-refractivity contribution in [3.05, 3.63) is 249 Å². The highest BCUT2D eigenvalue weighted by Gasteiger charge is 2.35. The molecular weight excluding hydrogens is 1780 g/mol. The third-order valence-corrected chi connectivity index (χ3v) is 30.2. The van der Waals surface area contributed by atoms with E-state index in [4.69, 9.17) is 28.4 Å². The lowest BCUT2D eigenvalue weighted by Crippen LogP contribution is -2.25. The molecule has 18 heteroatoms. The molecule has 6 fully saturated rings. The minimum absolute atomic E-state index is 0.0217. The lowest BCUT2D eigenvalue weighted by atomic mass is 9.68. The molecular formula is C121H158F12O6. The van der Waals surface area contributed by atoms with Gasteiger partial charge in [0.2, 0.25) is 34.9 Å². The van der Waals surface area contributed by atoms with E-state index in [0.29, 0.717) is 84.9 Å². The highest BCUT2D eigenvalue weighted by atomic mass is 19.2. The summed E-state index contributed by atoms with van der Waals surface area (Å²) in [6, 6.07) is 42.6. The van der Waals surface area contributed by atoms with Gasteiger partial charge in [0.15, 0.2) is 69.4 Å². The van der Waals surface area contributed by atoms with Crippen molar-refractivity contribution in [1.82, 2.24) is 0 Å². The maximum atomic E-state index is 14.5. The Bertz CT molecular complexity index is 5090. The van der Waals surface area contributed by atoms with Crippen molar-refractivity contribution in [2.24, 2.45) is 41.4 Å². The summed E-state index contributed by atoms with van der Waals surface area (Å²) in [6.45, 7) is 26.2. The lowest BCUT2D eigenvalue weighted by Gasteiger charge is -2.38. The number of hydrogen-bond donors (Lipinski definition) is 0. The minimum atomic E-state index is -0.929. The van der Waals surface area contributed by atoms with Crippen LogP contribution >= 0.6 is 0 Å². The number of benzene rings is 9. The summed E-state index contributed by atoms with van der Waals surface area (Å²) in [6.07, 6.45) is 43.8. The SMILES string of the molecule is CCCC1CCC(C2CCC(c3ccc(OCC)c(F)c3F)CC2)CC1.CCCC1CCC(c2ccc(-c3ccc(OCC)c(F)c3F)cc2)CC1.CCCC1CCC(c2ccc(OCC)c(F)c2F)CC1.CCCCOc1ccc(C2CCC(CCC)CC2)c(F)c1F.CCCc1ccc(-c2ccc(OCC)c(F)c2F)cc1.CCOc1ccc(-c2ccc(C3CCC(CC)CC3)cc2)c(F)c1F. The first-order valence-electron chi connectivity index (χ1n) is 53.4. The standard InChI is InChI=1S/C23H34F2O.C23H28F2O.C22H26F2O.C19H28F2O.C17H24F2O.C17H18F2O/c2*1-3-5-16-6-8-17(9-7-16)18-10-12-19(13-11-18)20-14-15-21(26-4-2)23(25)22(20)24;1-3-15-5-7-16(8-6-15)17-9-11-18(12-10-17)19-13-14-20(25-4-2)22(24)21(19)23;1-3-5-13-22-17-12-11-16(18(20)19(17)21)15-9-7-14(6-4-2)8-10-15;2*1-3-5-12-6-8-13(9-7-12)14-10-11-15(20-4-2)17(19)16(14)18/h14-19H,3-13H2,1-2H3;10-17H,3-9H2,1-2H3;9-16H,3-8H2,1-2H3;11-12,14-15H,3-10,13H2,1-2H3;10-13H,3-9H2,1-2H3;6-11H,3-5H2,1-2H3. The highest BCUT2D eigenvalue weighted by Crippen LogP contribution is 2.49. The van der Waals surface area contributed by atoms with Crippen molar-refractivity contribution in [2.45, 2.75) is 350 Å². The third-order valence-electron chi connectivity index (χ3n) is 30.2. The van der Waals surface area contributed by atoms with E-state index in [0.717, 1.165) is 131 Å². The van der Waals surface area contributed by atoms with Gasteiger partial charge in [-0.15, -0.1) is 0 Å². The summed E-state index contributed by atoms with van der Waals surface area (Å²) in [5.74, 6) is -2.31. The largest absolute Gasteiger partial charge is 0.491 e. The van der Waals surface area contributed by atoms with Gasteiger partial charge in [-0.05, 0) is 364 Å². The Balaban J connectivity index is 0.000000172. The van der Waals surface area contributed by atoms with Gasteiger partial charge in [0.1, 0.15) is 0 Å². The van der Waals surface area contributed by atoms with Crippen molar-refractivity contribution in [3.63, 3.8) is 0 Å². The molecule has 0 spiro atoms. The van der Waals surface area contributed by atoms with Crippen LogP contribution < -0.4 is 28.4 Å². The predicted octanol–water partition coefficient (Wildman–Crippen LogP) is 37.7. The topological polar surface area (TPSA) is 55.4 Å². The van der Waals surface area contributed by atoms with Gasteiger partial charge < -0.3 is 28.4 Å². The van der Waals surface area contributed by atoms with Crippen molar-refractivity contribution >= 4 is 0 Å². The van der Waals surface area contributed by atoms with E-state index in [9.17, 15) is 52.7 Å². The summed E-state index contributed by atoms with van der Waals surface area (Å²) >= 11 is 0. The number of hydrogen-bond acceptors (Lipinski definition) is 6. The molecule has 0 atom stereocenters. The molecule has 0 amide bonds. The van der Waals surface area contributed by atoms with Crippen molar-refractivity contribution in [3.8, 4) is 67.9 Å². The molecule has 6 saturated carbocycles. The molecule has 0 bridgehead atoms. The van der Waals surface area contributed by atoms with Gasteiger partial charge in [-0.1, -0.05) is 223 Å². The fourth-order valence-corrected chi connectivity index (χ4v) is 22.3. The molecule has 6 aliphatic carbocycles. The van der Waals surface area contributed by atoms with E-state index in [1.165, 1.54) is 183 Å². The zero-order valence-corrected chi connectivity index (χ0v) is 85.2. The fourth-order valence-electron chi connectivity index (χ4n) is 22.3. The van der Waals surface area contributed by atoms with Gasteiger partial charge in [0, 0.05) is 16.7 Å². The van der Waals surface area contributed by atoms with E-state index in [1.54, 1.807) is 89.2 Å². The lowest BCUT2D eigenvalue weighted by molar-refractivity contribution is 0.155. The normalized spacial score (nSPS) is 21.2. The highest BCUT2D eigenvalue weighted by molar-refractivity contribution is 5.68. The van der Waals surface area contributed by atoms with Crippen LogP contribution in [0.1, 0.15) is 377 Å². The smallest absolute Gasteiger partial charge is 0.201 e. The summed E-state index contributed by atoms with van der Waals surface area (Å²) in [5.41, 5.74) is 8.33. The Labute approximate surface area is 824 Å². The maximum Gasteiger partial charge on any atom is 0.201 e. The molecule has 9 aromatic rings. The van der Waals surface area contributed by atoms with Crippen LogP contribution in [-0.2, 0) is 6.42 Å². The zero-order valence-electron chi connectivity index (χ0n) is 85.2. The Morgan fingerprint density at radius 3 is 0.734 bits per heavy atom. The molecule has 762 valence electrons. The molecule has 0 heterocycles. The van der Waals surface area contributed by atoms with Gasteiger partial charge in [-0.3, -0.25) is 0 Å². The van der Waals surface area contributed by atoms with Gasteiger partial charge in [-0.25, -0.2) is 26.3 Å². The Hall–Kier alpha value is -9.06. The molecule has 9 aromatic carbocycles.